The SMILES string of the molecule is CN1CC(Cc2cccc(F)c2)CC(NCC2CCCCC2)C1. The average Bonchev–Trinajstić information content (AvgIpc) is 2.53. The van der Waals surface area contributed by atoms with Gasteiger partial charge in [0.25, 0.3) is 0 Å². The molecule has 1 aliphatic heterocycles. The first-order chi connectivity index (χ1) is 11.2. The fraction of sp³-hybridized carbons (Fsp3) is 0.700. The molecule has 0 aromatic heterocycles. The molecule has 2 fully saturated rings. The summed E-state index contributed by atoms with van der Waals surface area (Å²) in [6.07, 6.45) is 9.28. The monoisotopic (exact) mass is 318 g/mol. The maximum atomic E-state index is 13.4. The highest BCUT2D eigenvalue weighted by Gasteiger charge is 2.26. The molecule has 2 unspecified atom stereocenters. The van der Waals surface area contributed by atoms with E-state index in [0.717, 1.165) is 31.0 Å². The first kappa shape index (κ1) is 16.9. The Kier molecular flexibility index (Phi) is 6.07. The Morgan fingerprint density at radius 2 is 1.96 bits per heavy atom. The molecule has 3 heteroatoms. The molecule has 1 aliphatic carbocycles. The number of hydrogen-bond donors (Lipinski definition) is 1. The van der Waals surface area contributed by atoms with Gasteiger partial charge in [-0.25, -0.2) is 4.39 Å². The van der Waals surface area contributed by atoms with Gasteiger partial charge in [-0.05, 0) is 68.8 Å². The highest BCUT2D eigenvalue weighted by molar-refractivity contribution is 5.17. The van der Waals surface area contributed by atoms with Gasteiger partial charge in [-0.15, -0.1) is 0 Å². The van der Waals surface area contributed by atoms with E-state index >= 15 is 0 Å². The van der Waals surface area contributed by atoms with Crippen molar-refractivity contribution in [2.45, 2.75) is 51.0 Å². The summed E-state index contributed by atoms with van der Waals surface area (Å²) in [6.45, 7) is 3.45. The van der Waals surface area contributed by atoms with Gasteiger partial charge in [-0.3, -0.25) is 0 Å². The Balaban J connectivity index is 1.49. The van der Waals surface area contributed by atoms with Crippen molar-refractivity contribution in [2.24, 2.45) is 11.8 Å². The zero-order valence-corrected chi connectivity index (χ0v) is 14.4. The molecule has 1 saturated heterocycles. The zero-order chi connectivity index (χ0) is 16.1. The first-order valence-electron chi connectivity index (χ1n) is 9.35. The third-order valence-corrected chi connectivity index (χ3v) is 5.55. The number of nitrogens with one attached hydrogen (secondary N) is 1. The van der Waals surface area contributed by atoms with E-state index in [-0.39, 0.29) is 5.82 Å². The number of nitrogens with zero attached hydrogens (tertiary/aromatic N) is 1. The third-order valence-electron chi connectivity index (χ3n) is 5.55. The summed E-state index contributed by atoms with van der Waals surface area (Å²) in [6, 6.07) is 7.71. The fourth-order valence-corrected chi connectivity index (χ4v) is 4.46. The quantitative estimate of drug-likeness (QED) is 0.887. The van der Waals surface area contributed by atoms with Crippen molar-refractivity contribution in [1.82, 2.24) is 10.2 Å². The molecule has 3 rings (SSSR count). The topological polar surface area (TPSA) is 15.3 Å². The lowest BCUT2D eigenvalue weighted by atomic mass is 9.87. The Hall–Kier alpha value is -0.930. The minimum atomic E-state index is -0.112. The molecule has 2 atom stereocenters. The van der Waals surface area contributed by atoms with Crippen molar-refractivity contribution in [3.63, 3.8) is 0 Å². The average molecular weight is 318 g/mol. The molecule has 1 aromatic rings. The van der Waals surface area contributed by atoms with Crippen molar-refractivity contribution < 1.29 is 4.39 Å². The highest BCUT2D eigenvalue weighted by Crippen LogP contribution is 2.24. The summed E-state index contributed by atoms with van der Waals surface area (Å²) in [5.74, 6) is 1.40. The van der Waals surface area contributed by atoms with Gasteiger partial charge in [0.05, 0.1) is 0 Å². The molecule has 1 N–H and O–H groups in total. The summed E-state index contributed by atoms with van der Waals surface area (Å²) < 4.78 is 13.4. The van der Waals surface area contributed by atoms with Gasteiger partial charge >= 0.3 is 0 Å². The van der Waals surface area contributed by atoms with Gasteiger partial charge in [0.15, 0.2) is 0 Å². The normalized spacial score (nSPS) is 27.2. The van der Waals surface area contributed by atoms with Crippen LogP contribution in [0, 0.1) is 17.7 Å². The van der Waals surface area contributed by atoms with Gasteiger partial charge in [-0.1, -0.05) is 31.4 Å². The maximum absolute atomic E-state index is 13.4. The number of hydrogen-bond acceptors (Lipinski definition) is 2. The Bertz CT molecular complexity index is 484. The van der Waals surface area contributed by atoms with E-state index in [1.165, 1.54) is 51.1 Å². The van der Waals surface area contributed by atoms with E-state index < -0.39 is 0 Å². The highest BCUT2D eigenvalue weighted by atomic mass is 19.1. The molecule has 1 heterocycles. The molecule has 2 aliphatic rings. The third kappa shape index (κ3) is 5.29. The van der Waals surface area contributed by atoms with E-state index in [1.54, 1.807) is 6.07 Å². The van der Waals surface area contributed by atoms with Crippen LogP contribution < -0.4 is 5.32 Å². The standard InChI is InChI=1S/C20H31FN2/c1-23-14-18(10-17-8-5-9-19(21)11-17)12-20(15-23)22-13-16-6-3-2-4-7-16/h5,8-9,11,16,18,20,22H,2-4,6-7,10,12-15H2,1H3. The lowest BCUT2D eigenvalue weighted by molar-refractivity contribution is 0.162. The summed E-state index contributed by atoms with van der Waals surface area (Å²) in [4.78, 5) is 2.44. The maximum Gasteiger partial charge on any atom is 0.123 e. The molecule has 1 aromatic carbocycles. The van der Waals surface area contributed by atoms with Gasteiger partial charge < -0.3 is 10.2 Å². The van der Waals surface area contributed by atoms with Crippen molar-refractivity contribution in [1.29, 1.82) is 0 Å². The molecule has 2 nitrogen and oxygen atoms in total. The number of piperidine rings is 1. The van der Waals surface area contributed by atoms with Gasteiger partial charge in [0.1, 0.15) is 5.82 Å². The minimum absolute atomic E-state index is 0.112. The predicted molar refractivity (Wildman–Crippen MR) is 94.1 cm³/mol. The molecule has 23 heavy (non-hydrogen) atoms. The van der Waals surface area contributed by atoms with Crippen molar-refractivity contribution >= 4 is 0 Å². The van der Waals surface area contributed by atoms with Crippen LogP contribution in [0.2, 0.25) is 0 Å². The summed E-state index contributed by atoms with van der Waals surface area (Å²) in [5.41, 5.74) is 1.14. The van der Waals surface area contributed by atoms with Crippen LogP contribution in [0.5, 0.6) is 0 Å². The fourth-order valence-electron chi connectivity index (χ4n) is 4.46. The molecular weight excluding hydrogens is 287 g/mol. The predicted octanol–water partition coefficient (Wildman–Crippen LogP) is 3.86. The number of likely N-dealkylation sites (tertiary alicyclic amines) is 1. The van der Waals surface area contributed by atoms with Crippen LogP contribution in [0.25, 0.3) is 0 Å². The van der Waals surface area contributed by atoms with Crippen LogP contribution in [-0.2, 0) is 6.42 Å². The van der Waals surface area contributed by atoms with Crippen LogP contribution in [0.15, 0.2) is 24.3 Å². The van der Waals surface area contributed by atoms with Crippen molar-refractivity contribution in [3.8, 4) is 0 Å². The molecule has 0 radical (unpaired) electrons. The zero-order valence-electron chi connectivity index (χ0n) is 14.4. The van der Waals surface area contributed by atoms with Crippen LogP contribution in [-0.4, -0.2) is 37.6 Å². The number of halogens is 1. The van der Waals surface area contributed by atoms with E-state index in [9.17, 15) is 4.39 Å². The molecule has 0 amide bonds. The van der Waals surface area contributed by atoms with Crippen LogP contribution in [0.1, 0.15) is 44.1 Å². The molecule has 128 valence electrons. The van der Waals surface area contributed by atoms with Crippen LogP contribution >= 0.6 is 0 Å². The first-order valence-corrected chi connectivity index (χ1v) is 9.35. The molecule has 0 bridgehead atoms. The molecule has 1 saturated carbocycles. The Labute approximate surface area is 140 Å². The Morgan fingerprint density at radius 1 is 1.13 bits per heavy atom. The smallest absolute Gasteiger partial charge is 0.123 e. The summed E-state index contributed by atoms with van der Waals surface area (Å²) in [7, 11) is 2.22. The minimum Gasteiger partial charge on any atom is -0.312 e. The largest absolute Gasteiger partial charge is 0.312 e. The lowest BCUT2D eigenvalue weighted by Crippen LogP contribution is -2.49. The van der Waals surface area contributed by atoms with Crippen LogP contribution in [0.3, 0.4) is 0 Å². The second-order valence-electron chi connectivity index (χ2n) is 7.77. The van der Waals surface area contributed by atoms with Crippen molar-refractivity contribution in [2.75, 3.05) is 26.7 Å². The lowest BCUT2D eigenvalue weighted by Gasteiger charge is -2.37. The number of rotatable bonds is 5. The van der Waals surface area contributed by atoms with E-state index in [0.29, 0.717) is 12.0 Å². The molecular formula is C20H31FN2. The Morgan fingerprint density at radius 3 is 2.74 bits per heavy atom. The summed E-state index contributed by atoms with van der Waals surface area (Å²) in [5, 5.41) is 3.83. The van der Waals surface area contributed by atoms with Crippen LogP contribution in [0.4, 0.5) is 4.39 Å². The van der Waals surface area contributed by atoms with Gasteiger partial charge in [0, 0.05) is 19.1 Å². The van der Waals surface area contributed by atoms with E-state index in [2.05, 4.69) is 23.3 Å². The summed E-state index contributed by atoms with van der Waals surface area (Å²) >= 11 is 0. The number of likely N-dealkylation sites (N-methyl/N-ethyl adjacent to an activating group) is 1. The molecule has 0 spiro atoms. The van der Waals surface area contributed by atoms with Gasteiger partial charge in [-0.2, -0.15) is 0 Å². The van der Waals surface area contributed by atoms with E-state index in [4.69, 9.17) is 0 Å². The van der Waals surface area contributed by atoms with Gasteiger partial charge in [0.2, 0.25) is 0 Å². The van der Waals surface area contributed by atoms with E-state index in [1.807, 2.05) is 6.07 Å². The second kappa shape index (κ2) is 8.25. The second-order valence-corrected chi connectivity index (χ2v) is 7.77. The van der Waals surface area contributed by atoms with Crippen molar-refractivity contribution in [3.05, 3.63) is 35.6 Å². The number of benzene rings is 1.